The number of rotatable bonds is 3. The van der Waals surface area contributed by atoms with Crippen LogP contribution in [-0.4, -0.2) is 27.8 Å². The lowest BCUT2D eigenvalue weighted by molar-refractivity contribution is -0.144. The summed E-state index contributed by atoms with van der Waals surface area (Å²) in [6.45, 7) is 0.983. The number of aliphatic hydroxyl groups excluding tert-OH is 1. The standard InChI is InChI=1S/C9H11NO3/c1-9(6-11,8(12)13)7-4-2-3-5-10-7/h2-5,11H,6H2,1H3,(H,12,13). The van der Waals surface area contributed by atoms with E-state index < -0.39 is 18.0 Å². The van der Waals surface area contributed by atoms with Crippen LogP contribution in [0.2, 0.25) is 0 Å². The first-order chi connectivity index (χ1) is 6.11. The number of carboxylic acid groups (broad SMARTS) is 1. The normalized spacial score (nSPS) is 14.9. The Balaban J connectivity index is 3.11. The number of hydrogen-bond acceptors (Lipinski definition) is 3. The summed E-state index contributed by atoms with van der Waals surface area (Å²) in [5, 5.41) is 17.9. The van der Waals surface area contributed by atoms with Crippen molar-refractivity contribution in [2.24, 2.45) is 0 Å². The maximum absolute atomic E-state index is 10.9. The highest BCUT2D eigenvalue weighted by atomic mass is 16.4. The number of pyridine rings is 1. The van der Waals surface area contributed by atoms with Gasteiger partial charge in [0.25, 0.3) is 0 Å². The molecule has 1 heterocycles. The molecule has 1 unspecified atom stereocenters. The zero-order valence-corrected chi connectivity index (χ0v) is 7.27. The molecule has 4 heteroatoms. The maximum Gasteiger partial charge on any atom is 0.317 e. The highest BCUT2D eigenvalue weighted by molar-refractivity contribution is 5.80. The second-order valence-corrected chi connectivity index (χ2v) is 3.01. The zero-order chi connectivity index (χ0) is 9.90. The van der Waals surface area contributed by atoms with Crippen LogP contribution in [-0.2, 0) is 10.2 Å². The van der Waals surface area contributed by atoms with Gasteiger partial charge in [-0.1, -0.05) is 6.07 Å². The third-order valence-electron chi connectivity index (χ3n) is 2.02. The minimum atomic E-state index is -1.30. The lowest BCUT2D eigenvalue weighted by Gasteiger charge is -2.20. The largest absolute Gasteiger partial charge is 0.480 e. The predicted octanol–water partition coefficient (Wildman–Crippen LogP) is 0.416. The smallest absolute Gasteiger partial charge is 0.317 e. The first kappa shape index (κ1) is 9.67. The van der Waals surface area contributed by atoms with E-state index in [-0.39, 0.29) is 0 Å². The molecule has 0 bridgehead atoms. The average molecular weight is 181 g/mol. The highest BCUT2D eigenvalue weighted by Gasteiger charge is 2.35. The molecule has 4 nitrogen and oxygen atoms in total. The van der Waals surface area contributed by atoms with Crippen LogP contribution in [0.1, 0.15) is 12.6 Å². The van der Waals surface area contributed by atoms with Crippen LogP contribution in [0.25, 0.3) is 0 Å². The molecule has 70 valence electrons. The fraction of sp³-hybridized carbons (Fsp3) is 0.333. The summed E-state index contributed by atoms with van der Waals surface area (Å²) in [4.78, 5) is 14.8. The lowest BCUT2D eigenvalue weighted by Crippen LogP contribution is -2.37. The Bertz CT molecular complexity index is 299. The predicted molar refractivity (Wildman–Crippen MR) is 46.3 cm³/mol. The summed E-state index contributed by atoms with van der Waals surface area (Å²) < 4.78 is 0. The van der Waals surface area contributed by atoms with Crippen LogP contribution in [0.5, 0.6) is 0 Å². The highest BCUT2D eigenvalue weighted by Crippen LogP contribution is 2.20. The van der Waals surface area contributed by atoms with Crippen LogP contribution in [0.3, 0.4) is 0 Å². The van der Waals surface area contributed by atoms with Crippen LogP contribution in [0.4, 0.5) is 0 Å². The number of carboxylic acids is 1. The molecule has 1 aromatic heterocycles. The molecule has 0 aliphatic rings. The van der Waals surface area contributed by atoms with Gasteiger partial charge in [-0.25, -0.2) is 0 Å². The molecule has 1 rings (SSSR count). The molecule has 1 atom stereocenters. The molecule has 0 aliphatic carbocycles. The van der Waals surface area contributed by atoms with Gasteiger partial charge in [0.1, 0.15) is 5.41 Å². The van der Waals surface area contributed by atoms with E-state index in [4.69, 9.17) is 10.2 Å². The fourth-order valence-corrected chi connectivity index (χ4v) is 0.947. The molecule has 0 fully saturated rings. The monoisotopic (exact) mass is 181 g/mol. The van der Waals surface area contributed by atoms with Gasteiger partial charge < -0.3 is 10.2 Å². The van der Waals surface area contributed by atoms with E-state index in [0.717, 1.165) is 0 Å². The third kappa shape index (κ3) is 1.67. The van der Waals surface area contributed by atoms with Crippen molar-refractivity contribution < 1.29 is 15.0 Å². The Kier molecular flexibility index (Phi) is 2.63. The third-order valence-corrected chi connectivity index (χ3v) is 2.02. The van der Waals surface area contributed by atoms with Crippen LogP contribution in [0.15, 0.2) is 24.4 Å². The molecule has 13 heavy (non-hydrogen) atoms. The first-order valence-corrected chi connectivity index (χ1v) is 3.87. The van der Waals surface area contributed by atoms with Crippen molar-refractivity contribution in [3.63, 3.8) is 0 Å². The molecule has 0 aromatic carbocycles. The van der Waals surface area contributed by atoms with Gasteiger partial charge in [-0.15, -0.1) is 0 Å². The van der Waals surface area contributed by atoms with Crippen molar-refractivity contribution in [1.82, 2.24) is 4.98 Å². The molecular formula is C9H11NO3. The maximum atomic E-state index is 10.9. The Hall–Kier alpha value is -1.42. The number of aromatic nitrogens is 1. The minimum absolute atomic E-state index is 0.366. The number of hydrogen-bond donors (Lipinski definition) is 2. The lowest BCUT2D eigenvalue weighted by atomic mass is 9.87. The Morgan fingerprint density at radius 2 is 2.31 bits per heavy atom. The second kappa shape index (κ2) is 3.53. The summed E-state index contributed by atoms with van der Waals surface area (Å²) in [6.07, 6.45) is 1.51. The van der Waals surface area contributed by atoms with Gasteiger partial charge in [-0.05, 0) is 19.1 Å². The van der Waals surface area contributed by atoms with Gasteiger partial charge in [-0.2, -0.15) is 0 Å². The Morgan fingerprint density at radius 3 is 2.69 bits per heavy atom. The van der Waals surface area contributed by atoms with E-state index in [1.807, 2.05) is 0 Å². The topological polar surface area (TPSA) is 70.4 Å². The summed E-state index contributed by atoms with van der Waals surface area (Å²) in [5.74, 6) is -1.08. The van der Waals surface area contributed by atoms with Gasteiger partial charge in [0.05, 0.1) is 12.3 Å². The Labute approximate surface area is 75.9 Å². The van der Waals surface area contributed by atoms with Gasteiger partial charge in [0, 0.05) is 6.20 Å². The SMILES string of the molecule is CC(CO)(C(=O)O)c1ccccn1. The van der Waals surface area contributed by atoms with Gasteiger partial charge in [-0.3, -0.25) is 9.78 Å². The summed E-state index contributed by atoms with van der Waals surface area (Å²) >= 11 is 0. The van der Waals surface area contributed by atoms with Gasteiger partial charge >= 0.3 is 5.97 Å². The molecule has 0 radical (unpaired) electrons. The van der Waals surface area contributed by atoms with Crippen molar-refractivity contribution >= 4 is 5.97 Å². The summed E-state index contributed by atoms with van der Waals surface area (Å²) in [5.41, 5.74) is -0.939. The van der Waals surface area contributed by atoms with E-state index in [1.165, 1.54) is 13.1 Å². The van der Waals surface area contributed by atoms with E-state index in [2.05, 4.69) is 4.98 Å². The number of carbonyl (C=O) groups is 1. The molecule has 2 N–H and O–H groups in total. The van der Waals surface area contributed by atoms with Crippen molar-refractivity contribution in [2.45, 2.75) is 12.3 Å². The molecule has 0 amide bonds. The van der Waals surface area contributed by atoms with Crippen LogP contribution >= 0.6 is 0 Å². The van der Waals surface area contributed by atoms with Gasteiger partial charge in [0.2, 0.25) is 0 Å². The van der Waals surface area contributed by atoms with E-state index in [9.17, 15) is 4.79 Å². The second-order valence-electron chi connectivity index (χ2n) is 3.01. The fourth-order valence-electron chi connectivity index (χ4n) is 0.947. The van der Waals surface area contributed by atoms with E-state index >= 15 is 0 Å². The molecule has 1 aromatic rings. The molecule has 0 saturated carbocycles. The molecular weight excluding hydrogens is 170 g/mol. The number of aliphatic hydroxyl groups is 1. The quantitative estimate of drug-likeness (QED) is 0.708. The number of aliphatic carboxylic acids is 1. The Morgan fingerprint density at radius 1 is 1.62 bits per heavy atom. The van der Waals surface area contributed by atoms with Crippen molar-refractivity contribution in [3.8, 4) is 0 Å². The van der Waals surface area contributed by atoms with Crippen molar-refractivity contribution in [1.29, 1.82) is 0 Å². The van der Waals surface area contributed by atoms with Crippen LogP contribution < -0.4 is 0 Å². The minimum Gasteiger partial charge on any atom is -0.480 e. The van der Waals surface area contributed by atoms with Crippen LogP contribution in [0, 0.1) is 0 Å². The molecule has 0 aliphatic heterocycles. The summed E-state index contributed by atoms with van der Waals surface area (Å²) in [7, 11) is 0. The van der Waals surface area contributed by atoms with Crippen molar-refractivity contribution in [2.75, 3.05) is 6.61 Å². The van der Waals surface area contributed by atoms with Gasteiger partial charge in [0.15, 0.2) is 0 Å². The summed E-state index contributed by atoms with van der Waals surface area (Å²) in [6, 6.07) is 4.98. The number of nitrogens with zero attached hydrogens (tertiary/aromatic N) is 1. The molecule has 0 spiro atoms. The first-order valence-electron chi connectivity index (χ1n) is 3.87. The van der Waals surface area contributed by atoms with Crippen molar-refractivity contribution in [3.05, 3.63) is 30.1 Å². The molecule has 0 saturated heterocycles. The zero-order valence-electron chi connectivity index (χ0n) is 7.27. The van der Waals surface area contributed by atoms with E-state index in [1.54, 1.807) is 18.2 Å². The average Bonchev–Trinajstić information content (AvgIpc) is 2.17. The van der Waals surface area contributed by atoms with E-state index in [0.29, 0.717) is 5.69 Å².